The molecule has 0 aliphatic heterocycles. The van der Waals surface area contributed by atoms with Gasteiger partial charge < -0.3 is 19.5 Å². The molecule has 0 bridgehead atoms. The average molecular weight is 499 g/mol. The zero-order valence-corrected chi connectivity index (χ0v) is 20.7. The molecule has 0 unspecified atom stereocenters. The minimum atomic E-state index is -0.223. The predicted molar refractivity (Wildman–Crippen MR) is 141 cm³/mol. The molecule has 0 fully saturated rings. The molecule has 9 nitrogen and oxygen atoms in total. The molecule has 0 aliphatic rings. The van der Waals surface area contributed by atoms with Crippen LogP contribution in [0.25, 0.3) is 27.5 Å². The summed E-state index contributed by atoms with van der Waals surface area (Å²) < 4.78 is 17.3. The molecule has 0 radical (unpaired) electrons. The van der Waals surface area contributed by atoms with Crippen LogP contribution in [-0.4, -0.2) is 48.5 Å². The van der Waals surface area contributed by atoms with Crippen molar-refractivity contribution in [2.75, 3.05) is 27.9 Å². The zero-order chi connectivity index (χ0) is 25.9. The summed E-state index contributed by atoms with van der Waals surface area (Å²) in [6, 6.07) is 18.1. The first-order chi connectivity index (χ1) is 18.0. The van der Waals surface area contributed by atoms with E-state index in [1.165, 1.54) is 4.68 Å². The lowest BCUT2D eigenvalue weighted by Crippen LogP contribution is -2.25. The maximum atomic E-state index is 13.1. The number of aromatic amines is 1. The van der Waals surface area contributed by atoms with Crippen molar-refractivity contribution in [3.05, 3.63) is 88.3 Å². The van der Waals surface area contributed by atoms with Gasteiger partial charge in [-0.1, -0.05) is 6.07 Å². The average Bonchev–Trinajstić information content (AvgIpc) is 3.29. The molecule has 188 valence electrons. The summed E-state index contributed by atoms with van der Waals surface area (Å²) in [6.07, 6.45) is 2.18. The first kappa shape index (κ1) is 23.9. The number of hydrogen-bond donors (Lipinski definition) is 2. The second-order valence-electron chi connectivity index (χ2n) is 8.42. The van der Waals surface area contributed by atoms with Crippen LogP contribution in [0.2, 0.25) is 0 Å². The standard InChI is InChI=1S/C28H26N4O5/c1-35-20-8-6-19(7-9-20)32-28(34)22-16-30-23-10-5-18(15-21(23)26(22)31-32)27(33)29-13-12-17-4-11-24(36-2)25(14-17)37-3/h4-11,14-16,31H,12-13H2,1-3H3,(H,29,33). The minimum Gasteiger partial charge on any atom is -0.497 e. The second-order valence-corrected chi connectivity index (χ2v) is 8.42. The van der Waals surface area contributed by atoms with E-state index < -0.39 is 0 Å². The number of nitrogens with zero attached hydrogens (tertiary/aromatic N) is 2. The molecule has 0 spiro atoms. The number of fused-ring (bicyclic) bond motifs is 3. The Bertz CT molecular complexity index is 1650. The Morgan fingerprint density at radius 3 is 2.43 bits per heavy atom. The maximum Gasteiger partial charge on any atom is 0.280 e. The van der Waals surface area contributed by atoms with E-state index in [2.05, 4.69) is 15.4 Å². The number of rotatable bonds is 8. The molecule has 2 N–H and O–H groups in total. The molecule has 5 aromatic rings. The highest BCUT2D eigenvalue weighted by molar-refractivity contribution is 6.06. The number of nitrogens with one attached hydrogen (secondary N) is 2. The van der Waals surface area contributed by atoms with Gasteiger partial charge in [-0.25, -0.2) is 4.68 Å². The van der Waals surface area contributed by atoms with Crippen molar-refractivity contribution in [1.29, 1.82) is 0 Å². The molecule has 3 aromatic carbocycles. The molecule has 0 saturated carbocycles. The van der Waals surface area contributed by atoms with Crippen molar-refractivity contribution in [3.63, 3.8) is 0 Å². The van der Waals surface area contributed by atoms with Crippen LogP contribution in [0.1, 0.15) is 15.9 Å². The van der Waals surface area contributed by atoms with E-state index in [1.54, 1.807) is 70.0 Å². The summed E-state index contributed by atoms with van der Waals surface area (Å²) >= 11 is 0. The van der Waals surface area contributed by atoms with Crippen molar-refractivity contribution in [3.8, 4) is 22.9 Å². The summed E-state index contributed by atoms with van der Waals surface area (Å²) in [5.74, 6) is 1.79. The molecule has 0 atom stereocenters. The van der Waals surface area contributed by atoms with E-state index in [0.29, 0.717) is 63.3 Å². The van der Waals surface area contributed by atoms with Crippen LogP contribution in [0, 0.1) is 0 Å². The van der Waals surface area contributed by atoms with E-state index in [-0.39, 0.29) is 11.5 Å². The van der Waals surface area contributed by atoms with Crippen LogP contribution in [0.3, 0.4) is 0 Å². The monoisotopic (exact) mass is 498 g/mol. The number of methoxy groups -OCH3 is 3. The van der Waals surface area contributed by atoms with Crippen LogP contribution in [0.4, 0.5) is 0 Å². The zero-order valence-electron chi connectivity index (χ0n) is 20.7. The third-order valence-corrected chi connectivity index (χ3v) is 6.27. The smallest absolute Gasteiger partial charge is 0.280 e. The first-order valence-electron chi connectivity index (χ1n) is 11.7. The second kappa shape index (κ2) is 10.1. The molecule has 0 aliphatic carbocycles. The van der Waals surface area contributed by atoms with Gasteiger partial charge in [-0.2, -0.15) is 0 Å². The van der Waals surface area contributed by atoms with Gasteiger partial charge >= 0.3 is 0 Å². The minimum absolute atomic E-state index is 0.212. The molecule has 2 heterocycles. The van der Waals surface area contributed by atoms with E-state index >= 15 is 0 Å². The number of amides is 1. The summed E-state index contributed by atoms with van der Waals surface area (Å²) in [4.78, 5) is 30.4. The number of hydrogen-bond acceptors (Lipinski definition) is 6. The summed E-state index contributed by atoms with van der Waals surface area (Å²) in [5.41, 5.74) is 3.23. The number of carbonyl (C=O) groups excluding carboxylic acids is 1. The van der Waals surface area contributed by atoms with Crippen molar-refractivity contribution in [2.45, 2.75) is 6.42 Å². The van der Waals surface area contributed by atoms with Crippen LogP contribution in [0.15, 0.2) is 71.7 Å². The molecular formula is C28H26N4O5. The third kappa shape index (κ3) is 4.58. The Kier molecular flexibility index (Phi) is 6.51. The Hall–Kier alpha value is -4.79. The SMILES string of the molecule is COc1ccc(-n2[nH]c3c(cnc4ccc(C(=O)NCCc5ccc(OC)c(OC)c5)cc43)c2=O)cc1. The van der Waals surface area contributed by atoms with Gasteiger partial charge in [0.25, 0.3) is 11.5 Å². The van der Waals surface area contributed by atoms with Crippen molar-refractivity contribution in [1.82, 2.24) is 20.1 Å². The summed E-state index contributed by atoms with van der Waals surface area (Å²) in [6.45, 7) is 0.444. The van der Waals surface area contributed by atoms with Gasteiger partial charge in [0.2, 0.25) is 0 Å². The molecular weight excluding hydrogens is 472 g/mol. The Morgan fingerprint density at radius 1 is 0.919 bits per heavy atom. The van der Waals surface area contributed by atoms with Gasteiger partial charge in [0.05, 0.1) is 43.4 Å². The Labute approximate surface area is 212 Å². The topological polar surface area (TPSA) is 107 Å². The lowest BCUT2D eigenvalue weighted by molar-refractivity contribution is 0.0954. The highest BCUT2D eigenvalue weighted by Crippen LogP contribution is 2.27. The van der Waals surface area contributed by atoms with Gasteiger partial charge in [0.1, 0.15) is 5.75 Å². The number of aromatic nitrogens is 3. The Balaban J connectivity index is 1.39. The van der Waals surface area contributed by atoms with Crippen LogP contribution in [0.5, 0.6) is 17.2 Å². The quantitative estimate of drug-likeness (QED) is 0.336. The molecule has 0 saturated heterocycles. The van der Waals surface area contributed by atoms with E-state index in [0.717, 1.165) is 5.56 Å². The number of benzene rings is 3. The fraction of sp³-hybridized carbons (Fsp3) is 0.179. The van der Waals surface area contributed by atoms with Gasteiger partial charge in [-0.15, -0.1) is 0 Å². The summed E-state index contributed by atoms with van der Waals surface area (Å²) in [7, 11) is 4.77. The molecule has 37 heavy (non-hydrogen) atoms. The highest BCUT2D eigenvalue weighted by Gasteiger charge is 2.14. The molecule has 9 heteroatoms. The molecule has 1 amide bonds. The largest absolute Gasteiger partial charge is 0.497 e. The van der Waals surface area contributed by atoms with Crippen molar-refractivity contribution >= 4 is 27.7 Å². The molecule has 5 rings (SSSR count). The van der Waals surface area contributed by atoms with Gasteiger partial charge in [0.15, 0.2) is 11.5 Å². The summed E-state index contributed by atoms with van der Waals surface area (Å²) in [5, 5.41) is 7.27. The van der Waals surface area contributed by atoms with E-state index in [4.69, 9.17) is 14.2 Å². The maximum absolute atomic E-state index is 13.1. The van der Waals surface area contributed by atoms with Gasteiger partial charge in [-0.05, 0) is 66.6 Å². The Morgan fingerprint density at radius 2 is 1.70 bits per heavy atom. The fourth-order valence-corrected chi connectivity index (χ4v) is 4.27. The van der Waals surface area contributed by atoms with Gasteiger partial charge in [-0.3, -0.25) is 19.7 Å². The molecule has 2 aromatic heterocycles. The number of H-pyrrole nitrogens is 1. The normalized spacial score (nSPS) is 11.0. The lowest BCUT2D eigenvalue weighted by atomic mass is 10.1. The highest BCUT2D eigenvalue weighted by atomic mass is 16.5. The fourth-order valence-electron chi connectivity index (χ4n) is 4.27. The van der Waals surface area contributed by atoms with E-state index in [1.807, 2.05) is 18.2 Å². The number of carbonyl (C=O) groups is 1. The predicted octanol–water partition coefficient (Wildman–Crippen LogP) is 3.87. The van der Waals surface area contributed by atoms with E-state index in [9.17, 15) is 9.59 Å². The van der Waals surface area contributed by atoms with Crippen molar-refractivity contribution in [2.24, 2.45) is 0 Å². The number of ether oxygens (including phenoxy) is 3. The first-order valence-corrected chi connectivity index (χ1v) is 11.7. The van der Waals surface area contributed by atoms with Crippen LogP contribution < -0.4 is 25.1 Å². The number of pyridine rings is 1. The van der Waals surface area contributed by atoms with Crippen molar-refractivity contribution < 1.29 is 19.0 Å². The van der Waals surface area contributed by atoms with Gasteiger partial charge in [0, 0.05) is 23.7 Å². The third-order valence-electron chi connectivity index (χ3n) is 6.27. The lowest BCUT2D eigenvalue weighted by Gasteiger charge is -2.10. The van der Waals surface area contributed by atoms with Crippen LogP contribution >= 0.6 is 0 Å². The van der Waals surface area contributed by atoms with Crippen LogP contribution in [-0.2, 0) is 6.42 Å².